The Labute approximate surface area is 126 Å². The van der Waals surface area contributed by atoms with Gasteiger partial charge in [0, 0.05) is 0 Å². The Bertz CT molecular complexity index is 629. The number of allylic oxidation sites excluding steroid dienone is 1. The molecule has 0 amide bonds. The van der Waals surface area contributed by atoms with Crippen molar-refractivity contribution in [2.24, 2.45) is 0 Å². The smallest absolute Gasteiger partial charge is 0.159 e. The third-order valence-electron chi connectivity index (χ3n) is 4.49. The number of ether oxygens (including phenoxy) is 1. The highest BCUT2D eigenvalue weighted by molar-refractivity contribution is 7.93. The molecule has 1 saturated heterocycles. The van der Waals surface area contributed by atoms with Crippen molar-refractivity contribution in [1.29, 1.82) is 0 Å². The minimum atomic E-state index is -2.89. The third kappa shape index (κ3) is 2.86. The van der Waals surface area contributed by atoms with Gasteiger partial charge in [0.05, 0.1) is 17.1 Å². The van der Waals surface area contributed by atoms with E-state index in [0.717, 1.165) is 43.6 Å². The van der Waals surface area contributed by atoms with Crippen LogP contribution in [0.5, 0.6) is 5.75 Å². The van der Waals surface area contributed by atoms with E-state index in [1.54, 1.807) is 0 Å². The fourth-order valence-electron chi connectivity index (χ4n) is 3.17. The molecule has 2 bridgehead atoms. The largest absolute Gasteiger partial charge is 0.494 e. The normalized spacial score (nSPS) is 26.4. The standard InChI is InChI=1S/C17H22O3S/c1-2-3-10-20-15-6-4-13(5-7-15)14-11-16-8-9-17(12-14)21(16,18)19/h4-7,11,16-17H,2-3,8-10,12H2,1H3. The van der Waals surface area contributed by atoms with E-state index < -0.39 is 9.84 Å². The van der Waals surface area contributed by atoms with Crippen molar-refractivity contribution < 1.29 is 13.2 Å². The highest BCUT2D eigenvalue weighted by Crippen LogP contribution is 2.40. The Morgan fingerprint density at radius 3 is 2.62 bits per heavy atom. The molecular formula is C17H22O3S. The van der Waals surface area contributed by atoms with Crippen LogP contribution in [0.25, 0.3) is 5.57 Å². The predicted octanol–water partition coefficient (Wildman–Crippen LogP) is 3.60. The van der Waals surface area contributed by atoms with Gasteiger partial charge in [0.1, 0.15) is 5.75 Å². The second-order valence-electron chi connectivity index (χ2n) is 5.95. The van der Waals surface area contributed by atoms with Crippen molar-refractivity contribution in [3.05, 3.63) is 35.9 Å². The van der Waals surface area contributed by atoms with Crippen LogP contribution < -0.4 is 4.74 Å². The molecule has 1 aromatic rings. The minimum Gasteiger partial charge on any atom is -0.494 e. The Balaban J connectivity index is 1.74. The summed E-state index contributed by atoms with van der Waals surface area (Å²) >= 11 is 0. The molecule has 2 unspecified atom stereocenters. The van der Waals surface area contributed by atoms with E-state index in [4.69, 9.17) is 4.74 Å². The van der Waals surface area contributed by atoms with Gasteiger partial charge < -0.3 is 4.74 Å². The van der Waals surface area contributed by atoms with Gasteiger partial charge in [-0.3, -0.25) is 0 Å². The highest BCUT2D eigenvalue weighted by Gasteiger charge is 2.43. The zero-order valence-electron chi connectivity index (χ0n) is 12.4. The molecule has 0 aliphatic carbocycles. The van der Waals surface area contributed by atoms with Crippen molar-refractivity contribution in [3.8, 4) is 5.75 Å². The van der Waals surface area contributed by atoms with Crippen LogP contribution in [0.1, 0.15) is 44.6 Å². The van der Waals surface area contributed by atoms with Crippen molar-refractivity contribution >= 4 is 15.4 Å². The fraction of sp³-hybridized carbons (Fsp3) is 0.529. The van der Waals surface area contributed by atoms with Crippen molar-refractivity contribution in [2.75, 3.05) is 6.61 Å². The van der Waals surface area contributed by atoms with Gasteiger partial charge in [-0.05, 0) is 49.0 Å². The molecule has 3 rings (SSSR count). The molecule has 21 heavy (non-hydrogen) atoms. The van der Waals surface area contributed by atoms with Gasteiger partial charge in [-0.2, -0.15) is 0 Å². The average molecular weight is 306 g/mol. The van der Waals surface area contributed by atoms with Gasteiger partial charge in [0.15, 0.2) is 9.84 Å². The van der Waals surface area contributed by atoms with E-state index in [1.165, 1.54) is 5.57 Å². The lowest BCUT2D eigenvalue weighted by atomic mass is 10.0. The number of benzene rings is 1. The summed E-state index contributed by atoms with van der Waals surface area (Å²) in [5.41, 5.74) is 2.31. The van der Waals surface area contributed by atoms with Gasteiger partial charge in [0.2, 0.25) is 0 Å². The molecule has 1 aromatic carbocycles. The third-order valence-corrected chi connectivity index (χ3v) is 7.03. The van der Waals surface area contributed by atoms with Crippen LogP contribution in [0.3, 0.4) is 0 Å². The van der Waals surface area contributed by atoms with Gasteiger partial charge in [-0.25, -0.2) is 8.42 Å². The summed E-state index contributed by atoms with van der Waals surface area (Å²) in [5, 5.41) is -0.422. The Hall–Kier alpha value is -1.29. The summed E-state index contributed by atoms with van der Waals surface area (Å²) in [6, 6.07) is 8.06. The van der Waals surface area contributed by atoms with Crippen molar-refractivity contribution in [2.45, 2.75) is 49.5 Å². The lowest BCUT2D eigenvalue weighted by Gasteiger charge is -2.20. The van der Waals surface area contributed by atoms with Gasteiger partial charge >= 0.3 is 0 Å². The minimum absolute atomic E-state index is 0.164. The number of fused-ring (bicyclic) bond motifs is 2. The molecule has 0 spiro atoms. The Morgan fingerprint density at radius 2 is 1.95 bits per heavy atom. The van der Waals surface area contributed by atoms with E-state index in [1.807, 2.05) is 30.3 Å². The van der Waals surface area contributed by atoms with Crippen molar-refractivity contribution in [3.63, 3.8) is 0 Å². The van der Waals surface area contributed by atoms with Crippen LogP contribution in [-0.2, 0) is 9.84 Å². The maximum Gasteiger partial charge on any atom is 0.159 e. The fourth-order valence-corrected chi connectivity index (χ4v) is 5.36. The lowest BCUT2D eigenvalue weighted by Crippen LogP contribution is -2.26. The average Bonchev–Trinajstić information content (AvgIpc) is 2.68. The second kappa shape index (κ2) is 5.84. The number of rotatable bonds is 5. The SMILES string of the molecule is CCCCOc1ccc(C2=CC3CCC(C2)S3(=O)=O)cc1. The van der Waals surface area contributed by atoms with Crippen LogP contribution >= 0.6 is 0 Å². The number of hydrogen-bond donors (Lipinski definition) is 0. The van der Waals surface area contributed by atoms with Crippen molar-refractivity contribution in [1.82, 2.24) is 0 Å². The summed E-state index contributed by atoms with van der Waals surface area (Å²) in [6.45, 7) is 2.89. The molecule has 2 heterocycles. The topological polar surface area (TPSA) is 43.4 Å². The van der Waals surface area contributed by atoms with Crippen LogP contribution in [-0.4, -0.2) is 25.5 Å². The zero-order chi connectivity index (χ0) is 14.9. The molecule has 1 fully saturated rings. The maximum atomic E-state index is 12.1. The van der Waals surface area contributed by atoms with E-state index in [2.05, 4.69) is 6.92 Å². The second-order valence-corrected chi connectivity index (χ2v) is 8.40. The molecule has 4 heteroatoms. The first kappa shape index (κ1) is 14.6. The summed E-state index contributed by atoms with van der Waals surface area (Å²) in [5.74, 6) is 0.888. The molecule has 2 aliphatic heterocycles. The Morgan fingerprint density at radius 1 is 1.19 bits per heavy atom. The number of unbranched alkanes of at least 4 members (excludes halogenated alkanes) is 1. The van der Waals surface area contributed by atoms with E-state index in [0.29, 0.717) is 6.42 Å². The van der Waals surface area contributed by atoms with Gasteiger partial charge in [0.25, 0.3) is 0 Å². The first-order valence-electron chi connectivity index (χ1n) is 7.78. The first-order valence-corrected chi connectivity index (χ1v) is 9.39. The molecule has 3 nitrogen and oxygen atoms in total. The number of sulfone groups is 1. The molecule has 114 valence electrons. The zero-order valence-corrected chi connectivity index (χ0v) is 13.2. The molecule has 2 aliphatic rings. The molecule has 0 radical (unpaired) electrons. The van der Waals surface area contributed by atoms with Gasteiger partial charge in [-0.1, -0.05) is 31.6 Å². The lowest BCUT2D eigenvalue weighted by molar-refractivity contribution is 0.309. The van der Waals surface area contributed by atoms with E-state index in [-0.39, 0.29) is 10.5 Å². The Kier molecular flexibility index (Phi) is 4.07. The summed E-state index contributed by atoms with van der Waals surface area (Å²) in [7, 11) is -2.89. The van der Waals surface area contributed by atoms with Gasteiger partial charge in [-0.15, -0.1) is 0 Å². The quantitative estimate of drug-likeness (QED) is 0.781. The predicted molar refractivity (Wildman–Crippen MR) is 85.2 cm³/mol. The van der Waals surface area contributed by atoms with E-state index >= 15 is 0 Å². The molecule has 0 aromatic heterocycles. The summed E-state index contributed by atoms with van der Waals surface area (Å²) in [4.78, 5) is 0. The molecule has 0 N–H and O–H groups in total. The van der Waals surface area contributed by atoms with Crippen LogP contribution in [0.15, 0.2) is 30.3 Å². The summed E-state index contributed by atoms with van der Waals surface area (Å²) in [6.07, 6.45) is 6.41. The monoisotopic (exact) mass is 306 g/mol. The highest BCUT2D eigenvalue weighted by atomic mass is 32.2. The van der Waals surface area contributed by atoms with Crippen LogP contribution in [0, 0.1) is 0 Å². The maximum absolute atomic E-state index is 12.1. The van der Waals surface area contributed by atoms with E-state index in [9.17, 15) is 8.42 Å². The first-order chi connectivity index (χ1) is 10.1. The van der Waals surface area contributed by atoms with Crippen LogP contribution in [0.2, 0.25) is 0 Å². The molecular weight excluding hydrogens is 284 g/mol. The number of hydrogen-bond acceptors (Lipinski definition) is 3. The van der Waals surface area contributed by atoms with Crippen LogP contribution in [0.4, 0.5) is 0 Å². The molecule has 2 atom stereocenters. The molecule has 0 saturated carbocycles. The summed E-state index contributed by atoms with van der Waals surface area (Å²) < 4.78 is 29.8.